The Labute approximate surface area is 128 Å². The summed E-state index contributed by atoms with van der Waals surface area (Å²) in [5, 5.41) is 13.9. The molecule has 1 saturated heterocycles. The molecule has 0 unspecified atom stereocenters. The molecule has 7 heteroatoms. The van der Waals surface area contributed by atoms with Crippen molar-refractivity contribution in [1.82, 2.24) is 15.2 Å². The summed E-state index contributed by atoms with van der Waals surface area (Å²) in [6, 6.07) is -0.0437. The average Bonchev–Trinajstić information content (AvgIpc) is 2.86. The molecular weight excluding hydrogens is 290 g/mol. The van der Waals surface area contributed by atoms with Gasteiger partial charge in [0.2, 0.25) is 0 Å². The highest BCUT2D eigenvalue weighted by Gasteiger charge is 2.28. The number of piperidine rings is 1. The third-order valence-electron chi connectivity index (χ3n) is 3.57. The van der Waals surface area contributed by atoms with Crippen molar-refractivity contribution in [2.45, 2.75) is 33.1 Å². The number of nitrogens with zero attached hydrogens (tertiary/aromatic N) is 2. The van der Waals surface area contributed by atoms with Gasteiger partial charge in [-0.15, -0.1) is 11.3 Å². The Morgan fingerprint density at radius 2 is 2.29 bits per heavy atom. The van der Waals surface area contributed by atoms with Crippen molar-refractivity contribution < 1.29 is 14.7 Å². The van der Waals surface area contributed by atoms with E-state index in [1.54, 1.807) is 0 Å². The number of carboxylic acid groups (broad SMARTS) is 1. The number of hydrogen-bond acceptors (Lipinski definition) is 4. The van der Waals surface area contributed by atoms with Gasteiger partial charge in [0.25, 0.3) is 0 Å². The van der Waals surface area contributed by atoms with E-state index < -0.39 is 5.97 Å². The topological polar surface area (TPSA) is 82.5 Å². The molecule has 1 aromatic heterocycles. The highest BCUT2D eigenvalue weighted by atomic mass is 32.1. The van der Waals surface area contributed by atoms with E-state index in [1.807, 2.05) is 4.90 Å². The number of rotatable bonds is 4. The van der Waals surface area contributed by atoms with Crippen molar-refractivity contribution in [3.63, 3.8) is 0 Å². The van der Waals surface area contributed by atoms with Crippen molar-refractivity contribution in [3.8, 4) is 0 Å². The number of hydrogen-bond donors (Lipinski definition) is 2. The van der Waals surface area contributed by atoms with Gasteiger partial charge in [0.05, 0.1) is 5.01 Å². The summed E-state index contributed by atoms with van der Waals surface area (Å²) in [5.74, 6) is -1.02. The molecule has 2 rings (SSSR count). The van der Waals surface area contributed by atoms with Gasteiger partial charge in [0, 0.05) is 31.4 Å². The Kier molecular flexibility index (Phi) is 4.82. The molecular formula is C14H21N3O3S. The SMILES string of the molecule is CC1(C)CCCN(C(=O)NCCc2nc(C(=O)O)cs2)C1. The van der Waals surface area contributed by atoms with Crippen LogP contribution in [0.15, 0.2) is 5.38 Å². The first kappa shape index (κ1) is 15.8. The number of aromatic carboxylic acids is 1. The fraction of sp³-hybridized carbons (Fsp3) is 0.643. The van der Waals surface area contributed by atoms with E-state index in [4.69, 9.17) is 5.11 Å². The number of likely N-dealkylation sites (tertiary alicyclic amines) is 1. The van der Waals surface area contributed by atoms with Crippen molar-refractivity contribution in [2.75, 3.05) is 19.6 Å². The summed E-state index contributed by atoms with van der Waals surface area (Å²) >= 11 is 1.31. The lowest BCUT2D eigenvalue weighted by Gasteiger charge is -2.37. The number of urea groups is 1. The third kappa shape index (κ3) is 4.42. The molecule has 0 bridgehead atoms. The standard InChI is InChI=1S/C14H21N3O3S/c1-14(2)5-3-7-17(9-14)13(20)15-6-4-11-16-10(8-21-11)12(18)19/h8H,3-7,9H2,1-2H3,(H,15,20)(H,18,19). The van der Waals surface area contributed by atoms with Crippen LogP contribution in [-0.2, 0) is 6.42 Å². The van der Waals surface area contributed by atoms with Gasteiger partial charge in [0.15, 0.2) is 5.69 Å². The molecule has 0 saturated carbocycles. The normalized spacial score (nSPS) is 17.5. The average molecular weight is 311 g/mol. The van der Waals surface area contributed by atoms with Gasteiger partial charge in [-0.1, -0.05) is 13.8 Å². The summed E-state index contributed by atoms with van der Waals surface area (Å²) in [7, 11) is 0. The van der Waals surface area contributed by atoms with Crippen molar-refractivity contribution in [2.24, 2.45) is 5.41 Å². The molecule has 1 aliphatic rings. The highest BCUT2D eigenvalue weighted by molar-refractivity contribution is 7.09. The zero-order valence-electron chi connectivity index (χ0n) is 12.4. The predicted octanol–water partition coefficient (Wildman–Crippen LogP) is 2.22. The summed E-state index contributed by atoms with van der Waals surface area (Å²) in [4.78, 5) is 28.7. The molecule has 1 aliphatic heterocycles. The lowest BCUT2D eigenvalue weighted by Crippen LogP contribution is -2.48. The van der Waals surface area contributed by atoms with Crippen molar-refractivity contribution in [1.29, 1.82) is 0 Å². The maximum absolute atomic E-state index is 12.1. The molecule has 21 heavy (non-hydrogen) atoms. The second-order valence-electron chi connectivity index (χ2n) is 6.10. The minimum atomic E-state index is -1.02. The molecule has 2 amide bonds. The van der Waals surface area contributed by atoms with Crippen LogP contribution < -0.4 is 5.32 Å². The Balaban J connectivity index is 1.77. The van der Waals surface area contributed by atoms with E-state index in [9.17, 15) is 9.59 Å². The Morgan fingerprint density at radius 3 is 2.90 bits per heavy atom. The molecule has 0 spiro atoms. The zero-order valence-corrected chi connectivity index (χ0v) is 13.2. The second-order valence-corrected chi connectivity index (χ2v) is 7.05. The lowest BCUT2D eigenvalue weighted by molar-refractivity contribution is 0.0691. The molecule has 1 fully saturated rings. The number of aromatic nitrogens is 1. The van der Waals surface area contributed by atoms with Crippen LogP contribution in [0.3, 0.4) is 0 Å². The first-order chi connectivity index (χ1) is 9.87. The third-order valence-corrected chi connectivity index (χ3v) is 4.48. The first-order valence-corrected chi connectivity index (χ1v) is 7.96. The Morgan fingerprint density at radius 1 is 1.52 bits per heavy atom. The minimum absolute atomic E-state index is 0.0437. The quantitative estimate of drug-likeness (QED) is 0.893. The van der Waals surface area contributed by atoms with Gasteiger partial charge >= 0.3 is 12.0 Å². The number of thiazole rings is 1. The number of carboxylic acids is 1. The van der Waals surface area contributed by atoms with E-state index in [0.29, 0.717) is 13.0 Å². The van der Waals surface area contributed by atoms with Crippen LogP contribution in [0.2, 0.25) is 0 Å². The summed E-state index contributed by atoms with van der Waals surface area (Å²) in [5.41, 5.74) is 0.250. The first-order valence-electron chi connectivity index (χ1n) is 7.08. The van der Waals surface area contributed by atoms with Crippen LogP contribution in [0.4, 0.5) is 4.79 Å². The Bertz CT molecular complexity index is 527. The summed E-state index contributed by atoms with van der Waals surface area (Å²) in [6.45, 7) is 6.40. The van der Waals surface area contributed by atoms with Gasteiger partial charge in [-0.25, -0.2) is 14.6 Å². The maximum atomic E-state index is 12.1. The molecule has 0 aromatic carbocycles. The highest BCUT2D eigenvalue weighted by Crippen LogP contribution is 2.28. The Hall–Kier alpha value is -1.63. The molecule has 1 aromatic rings. The largest absolute Gasteiger partial charge is 0.476 e. The van der Waals surface area contributed by atoms with E-state index in [2.05, 4.69) is 24.1 Å². The number of amides is 2. The van der Waals surface area contributed by atoms with Gasteiger partial charge in [-0.2, -0.15) is 0 Å². The van der Waals surface area contributed by atoms with Gasteiger partial charge < -0.3 is 15.3 Å². The molecule has 116 valence electrons. The van der Waals surface area contributed by atoms with Gasteiger partial charge in [-0.3, -0.25) is 0 Å². The molecule has 2 N–H and O–H groups in total. The van der Waals surface area contributed by atoms with Crippen LogP contribution in [0, 0.1) is 5.41 Å². The van der Waals surface area contributed by atoms with Crippen LogP contribution >= 0.6 is 11.3 Å². The fourth-order valence-corrected chi connectivity index (χ4v) is 3.28. The molecule has 2 heterocycles. The van der Waals surface area contributed by atoms with E-state index in [0.717, 1.165) is 30.9 Å². The van der Waals surface area contributed by atoms with Gasteiger partial charge in [-0.05, 0) is 18.3 Å². The van der Waals surface area contributed by atoms with E-state index in [1.165, 1.54) is 16.7 Å². The van der Waals surface area contributed by atoms with Crippen LogP contribution in [0.25, 0.3) is 0 Å². The maximum Gasteiger partial charge on any atom is 0.355 e. The van der Waals surface area contributed by atoms with Crippen LogP contribution in [0.1, 0.15) is 42.2 Å². The molecule has 0 aliphatic carbocycles. The number of carbonyl (C=O) groups excluding carboxylic acids is 1. The van der Waals surface area contributed by atoms with Gasteiger partial charge in [0.1, 0.15) is 0 Å². The van der Waals surface area contributed by atoms with Crippen LogP contribution in [0.5, 0.6) is 0 Å². The lowest BCUT2D eigenvalue weighted by atomic mass is 9.84. The zero-order chi connectivity index (χ0) is 15.5. The monoisotopic (exact) mass is 311 g/mol. The number of carbonyl (C=O) groups is 2. The summed E-state index contributed by atoms with van der Waals surface area (Å²) in [6.07, 6.45) is 2.74. The minimum Gasteiger partial charge on any atom is -0.476 e. The fourth-order valence-electron chi connectivity index (χ4n) is 2.51. The molecule has 6 nitrogen and oxygen atoms in total. The van der Waals surface area contributed by atoms with E-state index in [-0.39, 0.29) is 17.1 Å². The second kappa shape index (κ2) is 6.43. The molecule has 0 radical (unpaired) electrons. The van der Waals surface area contributed by atoms with Crippen molar-refractivity contribution in [3.05, 3.63) is 16.1 Å². The molecule has 0 atom stereocenters. The predicted molar refractivity (Wildman–Crippen MR) is 80.8 cm³/mol. The van der Waals surface area contributed by atoms with Crippen LogP contribution in [-0.4, -0.2) is 46.6 Å². The summed E-state index contributed by atoms with van der Waals surface area (Å²) < 4.78 is 0. The smallest absolute Gasteiger partial charge is 0.355 e. The van der Waals surface area contributed by atoms with E-state index >= 15 is 0 Å². The van der Waals surface area contributed by atoms with Crippen molar-refractivity contribution >= 4 is 23.3 Å². The number of nitrogens with one attached hydrogen (secondary N) is 1.